The molecular weight excluding hydrogens is 843 g/mol. The van der Waals surface area contributed by atoms with E-state index in [-0.39, 0.29) is 17.4 Å². The first-order valence-corrected chi connectivity index (χ1v) is 28.1. The molecule has 0 saturated heterocycles. The third-order valence-corrected chi connectivity index (χ3v) is 13.1. The zero-order valence-corrected chi connectivity index (χ0v) is 43.9. The fourth-order valence-corrected chi connectivity index (χ4v) is 9.44. The molecule has 0 spiro atoms. The summed E-state index contributed by atoms with van der Waals surface area (Å²) in [6, 6.07) is -2.05. The molecule has 0 rings (SSSR count). The summed E-state index contributed by atoms with van der Waals surface area (Å²) in [6.45, 7) is 16.2. The number of carbonyl (C=O) groups excluding carboxylic acids is 3. The molecule has 10 nitrogen and oxygen atoms in total. The average Bonchev–Trinajstić information content (AvgIpc) is 3.21. The molecule has 0 unspecified atom stereocenters. The molecule has 0 aliphatic carbocycles. The number of allylic oxidation sites excluding steroid dienone is 4. The fourth-order valence-electron chi connectivity index (χ4n) is 7.13. The van der Waals surface area contributed by atoms with Gasteiger partial charge in [-0.25, -0.2) is 14.4 Å². The van der Waals surface area contributed by atoms with E-state index in [9.17, 15) is 24.3 Å². The normalized spacial score (nSPS) is 13.0. The van der Waals surface area contributed by atoms with Gasteiger partial charge < -0.3 is 30.1 Å². The molecule has 0 aliphatic heterocycles. The molecule has 0 radical (unpaired) electrons. The Bertz CT molecular complexity index is 1190. The highest BCUT2D eigenvalue weighted by atomic mass is 33.1. The van der Waals surface area contributed by atoms with Crippen molar-refractivity contribution in [1.82, 2.24) is 15.5 Å². The Hall–Kier alpha value is -2.34. The lowest BCUT2D eigenvalue weighted by molar-refractivity contribution is -0.138. The first-order chi connectivity index (χ1) is 30.6. The Morgan fingerprint density at radius 3 is 1.11 bits per heavy atom. The van der Waals surface area contributed by atoms with Crippen LogP contribution in [0.4, 0.5) is 9.59 Å². The van der Waals surface area contributed by atoms with Crippen LogP contribution in [-0.2, 0) is 19.1 Å². The molecule has 0 fully saturated rings. The quantitative estimate of drug-likeness (QED) is 0.0311. The van der Waals surface area contributed by atoms with Gasteiger partial charge in [-0.15, -0.1) is 0 Å². The van der Waals surface area contributed by atoms with Gasteiger partial charge in [0.15, 0.2) is 0 Å². The number of rotatable bonds is 41. The van der Waals surface area contributed by atoms with E-state index >= 15 is 0 Å². The van der Waals surface area contributed by atoms with Gasteiger partial charge in [0.05, 0.1) is 0 Å². The van der Waals surface area contributed by atoms with Crippen molar-refractivity contribution in [3.8, 4) is 0 Å². The minimum atomic E-state index is -1.19. The molecule has 0 aromatic carbocycles. The number of ether oxygens (including phenoxy) is 2. The van der Waals surface area contributed by atoms with Crippen molar-refractivity contribution in [2.45, 2.75) is 258 Å². The highest BCUT2D eigenvalue weighted by Gasteiger charge is 2.29. The van der Waals surface area contributed by atoms with Crippen molar-refractivity contribution in [3.05, 3.63) is 24.3 Å². The van der Waals surface area contributed by atoms with Crippen LogP contribution in [0.2, 0.25) is 0 Å². The SMILES string of the molecule is CCCCCCCC/C=C\CCCCCCCCN(CCCCCCCC/C=C\CCCCCCCC)C(=O)[C@H](CSSC[C@H](NC(=O)OC(C)(C)C)C(=O)O)NC(=O)OC(C)(C)C. The van der Waals surface area contributed by atoms with E-state index in [1.54, 1.807) is 41.5 Å². The maximum atomic E-state index is 14.3. The smallest absolute Gasteiger partial charge is 0.408 e. The first-order valence-electron chi connectivity index (χ1n) is 25.6. The van der Waals surface area contributed by atoms with Crippen molar-refractivity contribution in [2.24, 2.45) is 0 Å². The predicted molar refractivity (Wildman–Crippen MR) is 274 cm³/mol. The molecule has 374 valence electrons. The maximum absolute atomic E-state index is 14.3. The van der Waals surface area contributed by atoms with Gasteiger partial charge in [-0.1, -0.05) is 175 Å². The summed E-state index contributed by atoms with van der Waals surface area (Å²) < 4.78 is 10.8. The standard InChI is InChI=1S/C52H97N3O7S2/c1-9-11-13-15-17-19-21-23-25-27-29-31-33-35-37-39-41-55(42-40-38-36-34-32-30-28-26-24-22-20-18-16-14-12-10-2)47(56)45(53-49(59)61-51(3,4)5)43-63-64-44-46(48(57)58)54-50(60)62-52(6,7)8/h23-26,45-46H,9-22,27-44H2,1-8H3,(H,53,59)(H,54,60)(H,57,58)/b25-23-,26-24-/t45-,46-/m0/s1. The van der Waals surface area contributed by atoms with Crippen LogP contribution in [0.1, 0.15) is 235 Å². The Labute approximate surface area is 400 Å². The number of unbranched alkanes of at least 4 members (excludes halogenated alkanes) is 24. The predicted octanol–water partition coefficient (Wildman–Crippen LogP) is 15.1. The van der Waals surface area contributed by atoms with Crippen molar-refractivity contribution >= 4 is 45.7 Å². The van der Waals surface area contributed by atoms with Crippen molar-refractivity contribution in [2.75, 3.05) is 24.6 Å². The number of hydrogen-bond donors (Lipinski definition) is 3. The molecule has 12 heteroatoms. The van der Waals surface area contributed by atoms with E-state index in [0.717, 1.165) is 51.4 Å². The molecule has 64 heavy (non-hydrogen) atoms. The van der Waals surface area contributed by atoms with Crippen LogP contribution in [0.25, 0.3) is 0 Å². The molecule has 0 aliphatic rings. The van der Waals surface area contributed by atoms with Gasteiger partial charge in [-0.3, -0.25) is 4.79 Å². The van der Waals surface area contributed by atoms with Crippen LogP contribution in [0.15, 0.2) is 24.3 Å². The Balaban J connectivity index is 5.27. The van der Waals surface area contributed by atoms with E-state index in [1.165, 1.54) is 150 Å². The average molecular weight is 940 g/mol. The number of aliphatic carboxylic acids is 1. The molecule has 0 heterocycles. The number of alkyl carbamates (subject to hydrolysis) is 2. The van der Waals surface area contributed by atoms with Crippen LogP contribution >= 0.6 is 21.6 Å². The second kappa shape index (κ2) is 40.9. The minimum absolute atomic E-state index is 0.0429. The largest absolute Gasteiger partial charge is 0.480 e. The summed E-state index contributed by atoms with van der Waals surface area (Å²) in [5.74, 6) is -1.09. The molecule has 0 bridgehead atoms. The van der Waals surface area contributed by atoms with E-state index in [2.05, 4.69) is 48.8 Å². The second-order valence-electron chi connectivity index (χ2n) is 19.5. The number of hydrogen-bond acceptors (Lipinski definition) is 8. The topological polar surface area (TPSA) is 134 Å². The third kappa shape index (κ3) is 41.1. The lowest BCUT2D eigenvalue weighted by Crippen LogP contribution is -2.51. The number of carbonyl (C=O) groups is 4. The van der Waals surface area contributed by atoms with Crippen molar-refractivity contribution < 1.29 is 33.8 Å². The summed E-state index contributed by atoms with van der Waals surface area (Å²) in [5, 5.41) is 15.0. The highest BCUT2D eigenvalue weighted by molar-refractivity contribution is 8.76. The number of nitrogens with zero attached hydrogens (tertiary/aromatic N) is 1. The number of amides is 3. The van der Waals surface area contributed by atoms with Gasteiger partial charge in [-0.05, 0) is 106 Å². The van der Waals surface area contributed by atoms with Gasteiger partial charge in [-0.2, -0.15) is 0 Å². The van der Waals surface area contributed by atoms with Crippen molar-refractivity contribution in [3.63, 3.8) is 0 Å². The van der Waals surface area contributed by atoms with Crippen LogP contribution < -0.4 is 10.6 Å². The highest BCUT2D eigenvalue weighted by Crippen LogP contribution is 2.25. The van der Waals surface area contributed by atoms with Gasteiger partial charge in [0.2, 0.25) is 5.91 Å². The van der Waals surface area contributed by atoms with Crippen molar-refractivity contribution in [1.29, 1.82) is 0 Å². The zero-order valence-electron chi connectivity index (χ0n) is 42.3. The van der Waals surface area contributed by atoms with E-state index < -0.39 is 41.4 Å². The van der Waals surface area contributed by atoms with Crippen LogP contribution in [0.5, 0.6) is 0 Å². The second-order valence-corrected chi connectivity index (χ2v) is 22.1. The number of carboxylic acids is 1. The maximum Gasteiger partial charge on any atom is 0.408 e. The lowest BCUT2D eigenvalue weighted by atomic mass is 10.1. The van der Waals surface area contributed by atoms with Crippen LogP contribution in [0, 0.1) is 0 Å². The summed E-state index contributed by atoms with van der Waals surface area (Å²) in [7, 11) is 2.51. The first kappa shape index (κ1) is 61.7. The van der Waals surface area contributed by atoms with E-state index in [0.29, 0.717) is 13.1 Å². The molecule has 0 saturated carbocycles. The molecular formula is C52H97N3O7S2. The third-order valence-electron chi connectivity index (χ3n) is 10.7. The Morgan fingerprint density at radius 1 is 0.484 bits per heavy atom. The van der Waals surface area contributed by atoms with Gasteiger partial charge in [0.25, 0.3) is 0 Å². The van der Waals surface area contributed by atoms with Crippen LogP contribution in [-0.4, -0.2) is 82.0 Å². The fraction of sp³-hybridized carbons (Fsp3) is 0.846. The lowest BCUT2D eigenvalue weighted by Gasteiger charge is -2.29. The summed E-state index contributed by atoms with van der Waals surface area (Å²) >= 11 is 0. The van der Waals surface area contributed by atoms with E-state index in [4.69, 9.17) is 9.47 Å². The summed E-state index contributed by atoms with van der Waals surface area (Å²) in [6.07, 6.45) is 42.1. The van der Waals surface area contributed by atoms with Gasteiger partial charge in [0, 0.05) is 24.6 Å². The van der Waals surface area contributed by atoms with Crippen LogP contribution in [0.3, 0.4) is 0 Å². The molecule has 3 N–H and O–H groups in total. The van der Waals surface area contributed by atoms with Gasteiger partial charge in [0.1, 0.15) is 23.3 Å². The summed E-state index contributed by atoms with van der Waals surface area (Å²) in [5.41, 5.74) is -1.51. The Kier molecular flexibility index (Phi) is 39.4. The molecule has 3 amide bonds. The minimum Gasteiger partial charge on any atom is -0.480 e. The van der Waals surface area contributed by atoms with E-state index in [1.807, 2.05) is 4.90 Å². The molecule has 2 atom stereocenters. The van der Waals surface area contributed by atoms with Gasteiger partial charge >= 0.3 is 18.2 Å². The molecule has 0 aromatic heterocycles. The molecule has 0 aromatic rings. The Morgan fingerprint density at radius 2 is 0.781 bits per heavy atom. The number of carboxylic acid groups (broad SMARTS) is 1. The monoisotopic (exact) mass is 940 g/mol. The summed E-state index contributed by atoms with van der Waals surface area (Å²) in [4.78, 5) is 53.5. The zero-order chi connectivity index (χ0) is 47.7. The number of nitrogens with one attached hydrogen (secondary N) is 2.